The Bertz CT molecular complexity index is 507. The minimum atomic E-state index is -0.244. The van der Waals surface area contributed by atoms with Gasteiger partial charge in [-0.25, -0.2) is 4.98 Å². The van der Waals surface area contributed by atoms with Crippen LogP contribution in [0.1, 0.15) is 30.3 Å². The fraction of sp³-hybridized carbons (Fsp3) is 0.500. The van der Waals surface area contributed by atoms with Gasteiger partial charge in [-0.1, -0.05) is 17.7 Å². The number of carbonyl (C=O) groups is 2. The van der Waals surface area contributed by atoms with Crippen molar-refractivity contribution in [2.24, 2.45) is 5.92 Å². The van der Waals surface area contributed by atoms with Crippen molar-refractivity contribution in [2.45, 2.75) is 19.8 Å². The molecule has 108 valence electrons. The van der Waals surface area contributed by atoms with Crippen LogP contribution in [0.2, 0.25) is 5.15 Å². The molecule has 1 aliphatic rings. The van der Waals surface area contributed by atoms with E-state index in [1.54, 1.807) is 30.0 Å². The van der Waals surface area contributed by atoms with E-state index in [9.17, 15) is 9.59 Å². The van der Waals surface area contributed by atoms with Crippen molar-refractivity contribution in [2.75, 3.05) is 19.7 Å². The van der Waals surface area contributed by atoms with Crippen LogP contribution >= 0.6 is 11.6 Å². The number of amides is 1. The lowest BCUT2D eigenvalue weighted by molar-refractivity contribution is -0.149. The highest BCUT2D eigenvalue weighted by Crippen LogP contribution is 2.20. The van der Waals surface area contributed by atoms with Crippen LogP contribution in [0, 0.1) is 5.92 Å². The van der Waals surface area contributed by atoms with Gasteiger partial charge in [0.05, 0.1) is 12.5 Å². The van der Waals surface area contributed by atoms with Gasteiger partial charge in [0, 0.05) is 13.1 Å². The molecule has 1 fully saturated rings. The molecule has 1 aromatic heterocycles. The minimum absolute atomic E-state index is 0.193. The highest BCUT2D eigenvalue weighted by Gasteiger charge is 2.30. The van der Waals surface area contributed by atoms with Gasteiger partial charge in [-0.3, -0.25) is 9.59 Å². The summed E-state index contributed by atoms with van der Waals surface area (Å²) in [6.45, 7) is 3.15. The molecule has 0 saturated carbocycles. The van der Waals surface area contributed by atoms with Crippen molar-refractivity contribution in [1.82, 2.24) is 9.88 Å². The summed E-state index contributed by atoms with van der Waals surface area (Å²) < 4.78 is 5.02. The normalized spacial score (nSPS) is 18.7. The Labute approximate surface area is 122 Å². The van der Waals surface area contributed by atoms with Gasteiger partial charge in [-0.05, 0) is 31.9 Å². The third kappa shape index (κ3) is 3.48. The summed E-state index contributed by atoms with van der Waals surface area (Å²) in [6.07, 6.45) is 1.54. The zero-order chi connectivity index (χ0) is 14.5. The smallest absolute Gasteiger partial charge is 0.310 e. The number of hydrogen-bond donors (Lipinski definition) is 0. The maximum absolute atomic E-state index is 12.3. The van der Waals surface area contributed by atoms with E-state index in [0.29, 0.717) is 25.4 Å². The van der Waals surface area contributed by atoms with E-state index in [2.05, 4.69) is 4.98 Å². The number of aromatic nitrogens is 1. The number of likely N-dealkylation sites (tertiary alicyclic amines) is 1. The van der Waals surface area contributed by atoms with Crippen LogP contribution in [0.15, 0.2) is 18.2 Å². The monoisotopic (exact) mass is 296 g/mol. The van der Waals surface area contributed by atoms with Gasteiger partial charge in [0.25, 0.3) is 5.91 Å². The summed E-state index contributed by atoms with van der Waals surface area (Å²) in [7, 11) is 0. The first-order valence-corrected chi connectivity index (χ1v) is 7.08. The predicted octanol–water partition coefficient (Wildman–Crippen LogP) is 2.15. The molecule has 0 unspecified atom stereocenters. The first-order chi connectivity index (χ1) is 9.61. The number of rotatable bonds is 3. The molecule has 20 heavy (non-hydrogen) atoms. The molecular formula is C14H17ClN2O3. The average Bonchev–Trinajstić information content (AvgIpc) is 2.47. The number of halogens is 1. The second-order valence-corrected chi connectivity index (χ2v) is 5.08. The van der Waals surface area contributed by atoms with Gasteiger partial charge in [-0.2, -0.15) is 0 Å². The molecule has 0 spiro atoms. The molecule has 1 amide bonds. The Kier molecular flexibility index (Phi) is 4.95. The van der Waals surface area contributed by atoms with E-state index in [4.69, 9.17) is 16.3 Å². The summed E-state index contributed by atoms with van der Waals surface area (Å²) >= 11 is 5.79. The largest absolute Gasteiger partial charge is 0.466 e. The fourth-order valence-electron chi connectivity index (χ4n) is 2.30. The number of ether oxygens (including phenoxy) is 1. The van der Waals surface area contributed by atoms with Crippen LogP contribution in [-0.4, -0.2) is 41.5 Å². The molecular weight excluding hydrogens is 280 g/mol. The first-order valence-electron chi connectivity index (χ1n) is 6.70. The molecule has 0 aromatic carbocycles. The summed E-state index contributed by atoms with van der Waals surface area (Å²) in [6, 6.07) is 4.94. The van der Waals surface area contributed by atoms with E-state index >= 15 is 0 Å². The molecule has 2 rings (SSSR count). The van der Waals surface area contributed by atoms with Gasteiger partial charge in [-0.15, -0.1) is 0 Å². The number of piperidine rings is 1. The van der Waals surface area contributed by atoms with E-state index < -0.39 is 0 Å². The van der Waals surface area contributed by atoms with Crippen molar-refractivity contribution >= 4 is 23.5 Å². The van der Waals surface area contributed by atoms with Gasteiger partial charge in [0.2, 0.25) is 0 Å². The third-order valence-corrected chi connectivity index (χ3v) is 3.47. The molecule has 5 nitrogen and oxygen atoms in total. The third-order valence-electron chi connectivity index (χ3n) is 3.26. The average molecular weight is 297 g/mol. The van der Waals surface area contributed by atoms with Crippen LogP contribution in [0.3, 0.4) is 0 Å². The zero-order valence-corrected chi connectivity index (χ0v) is 12.1. The van der Waals surface area contributed by atoms with E-state index in [1.807, 2.05) is 0 Å². The summed E-state index contributed by atoms with van der Waals surface area (Å²) in [5.74, 6) is -0.669. The SMILES string of the molecule is CCOC(=O)[C@@H]1CCCN(C(=O)c2cccc(Cl)n2)C1. The van der Waals surface area contributed by atoms with Gasteiger partial charge in [0.15, 0.2) is 0 Å². The van der Waals surface area contributed by atoms with Crippen LogP contribution in [0.4, 0.5) is 0 Å². The Hall–Kier alpha value is -1.62. The Morgan fingerprint density at radius 2 is 2.30 bits per heavy atom. The van der Waals surface area contributed by atoms with E-state index in [0.717, 1.165) is 12.8 Å². The van der Waals surface area contributed by atoms with Crippen molar-refractivity contribution in [3.05, 3.63) is 29.0 Å². The lowest BCUT2D eigenvalue weighted by atomic mass is 9.98. The van der Waals surface area contributed by atoms with Crippen molar-refractivity contribution < 1.29 is 14.3 Å². The van der Waals surface area contributed by atoms with Crippen molar-refractivity contribution in [3.8, 4) is 0 Å². The van der Waals surface area contributed by atoms with Gasteiger partial charge >= 0.3 is 5.97 Å². The molecule has 0 bridgehead atoms. The van der Waals surface area contributed by atoms with Crippen LogP contribution in [-0.2, 0) is 9.53 Å². The van der Waals surface area contributed by atoms with Crippen molar-refractivity contribution in [1.29, 1.82) is 0 Å². The zero-order valence-electron chi connectivity index (χ0n) is 11.3. The number of hydrogen-bond acceptors (Lipinski definition) is 4. The van der Waals surface area contributed by atoms with Crippen LogP contribution in [0.5, 0.6) is 0 Å². The molecule has 1 saturated heterocycles. The second-order valence-electron chi connectivity index (χ2n) is 4.69. The fourth-order valence-corrected chi connectivity index (χ4v) is 2.47. The molecule has 6 heteroatoms. The summed E-state index contributed by atoms with van der Waals surface area (Å²) in [5.41, 5.74) is 0.307. The highest BCUT2D eigenvalue weighted by molar-refractivity contribution is 6.29. The number of nitrogens with zero attached hydrogens (tertiary/aromatic N) is 2. The van der Waals surface area contributed by atoms with Gasteiger partial charge < -0.3 is 9.64 Å². The molecule has 2 heterocycles. The highest BCUT2D eigenvalue weighted by atomic mass is 35.5. The van der Waals surface area contributed by atoms with Gasteiger partial charge in [0.1, 0.15) is 10.8 Å². The maximum atomic E-state index is 12.3. The second kappa shape index (κ2) is 6.70. The number of carbonyl (C=O) groups excluding carboxylic acids is 2. The van der Waals surface area contributed by atoms with E-state index in [-0.39, 0.29) is 22.9 Å². The molecule has 0 aliphatic carbocycles. The molecule has 1 aliphatic heterocycles. The van der Waals surface area contributed by atoms with Crippen LogP contribution in [0.25, 0.3) is 0 Å². The quantitative estimate of drug-likeness (QED) is 0.633. The molecule has 1 aromatic rings. The number of esters is 1. The topological polar surface area (TPSA) is 59.5 Å². The maximum Gasteiger partial charge on any atom is 0.310 e. The van der Waals surface area contributed by atoms with Crippen LogP contribution < -0.4 is 0 Å². The summed E-state index contributed by atoms with van der Waals surface area (Å²) in [4.78, 5) is 29.7. The Balaban J connectivity index is 2.05. The minimum Gasteiger partial charge on any atom is -0.466 e. The predicted molar refractivity (Wildman–Crippen MR) is 74.5 cm³/mol. The number of pyridine rings is 1. The first kappa shape index (κ1) is 14.8. The van der Waals surface area contributed by atoms with E-state index in [1.165, 1.54) is 0 Å². The lowest BCUT2D eigenvalue weighted by Gasteiger charge is -2.31. The molecule has 0 N–H and O–H groups in total. The van der Waals surface area contributed by atoms with Crippen molar-refractivity contribution in [3.63, 3.8) is 0 Å². The Morgan fingerprint density at radius 3 is 3.00 bits per heavy atom. The molecule has 0 radical (unpaired) electrons. The standard InChI is InChI=1S/C14H17ClN2O3/c1-2-20-14(19)10-5-4-8-17(9-10)13(18)11-6-3-7-12(15)16-11/h3,6-7,10H,2,4-5,8-9H2,1H3/t10-/m1/s1. The summed E-state index contributed by atoms with van der Waals surface area (Å²) in [5, 5.41) is 0.287. The molecule has 1 atom stereocenters. The Morgan fingerprint density at radius 1 is 1.50 bits per heavy atom. The lowest BCUT2D eigenvalue weighted by Crippen LogP contribution is -2.43.